The van der Waals surface area contributed by atoms with Gasteiger partial charge >= 0.3 is 0 Å². The Morgan fingerprint density at radius 3 is 2.76 bits per heavy atom. The van der Waals surface area contributed by atoms with Gasteiger partial charge in [-0.05, 0) is 30.0 Å². The molecular weight excluding hydrogens is 282 g/mol. The van der Waals surface area contributed by atoms with Crippen LogP contribution in [0.4, 0.5) is 0 Å². The molecule has 1 heterocycles. The molecule has 0 aliphatic rings. The van der Waals surface area contributed by atoms with Crippen molar-refractivity contribution in [3.63, 3.8) is 0 Å². The van der Waals surface area contributed by atoms with Crippen LogP contribution in [0.25, 0.3) is 0 Å². The van der Waals surface area contributed by atoms with Crippen molar-refractivity contribution < 1.29 is 4.74 Å². The van der Waals surface area contributed by atoms with Crippen LogP contribution in [0.2, 0.25) is 0 Å². The molecule has 2 rings (SSSR count). The summed E-state index contributed by atoms with van der Waals surface area (Å²) in [5.74, 6) is 1.17. The van der Waals surface area contributed by atoms with Crippen LogP contribution < -0.4 is 10.5 Å². The van der Waals surface area contributed by atoms with E-state index in [-0.39, 0.29) is 11.8 Å². The Balaban J connectivity index is 2.12. The van der Waals surface area contributed by atoms with Gasteiger partial charge in [0.2, 0.25) is 0 Å². The van der Waals surface area contributed by atoms with Crippen LogP contribution in [0.15, 0.2) is 24.3 Å². The Bertz CT molecular complexity index is 634. The van der Waals surface area contributed by atoms with E-state index in [4.69, 9.17) is 15.9 Å². The van der Waals surface area contributed by atoms with Crippen LogP contribution in [0.3, 0.4) is 0 Å². The van der Waals surface area contributed by atoms with Crippen LogP contribution >= 0.6 is 11.3 Å². The molecule has 4 nitrogen and oxygen atoms in total. The molecule has 0 bridgehead atoms. The normalized spacial score (nSPS) is 10.9. The summed E-state index contributed by atoms with van der Waals surface area (Å²) in [6.45, 7) is 6.63. The van der Waals surface area contributed by atoms with E-state index in [9.17, 15) is 0 Å². The summed E-state index contributed by atoms with van der Waals surface area (Å²) in [6.07, 6.45) is 0.987. The van der Waals surface area contributed by atoms with Gasteiger partial charge in [0, 0.05) is 0 Å². The van der Waals surface area contributed by atoms with Gasteiger partial charge in [-0.2, -0.15) is 0 Å². The first-order valence-electron chi connectivity index (χ1n) is 7.07. The third kappa shape index (κ3) is 3.82. The lowest BCUT2D eigenvalue weighted by Gasteiger charge is -2.05. The van der Waals surface area contributed by atoms with Crippen molar-refractivity contribution in [2.24, 2.45) is 5.73 Å². The highest BCUT2D eigenvalue weighted by Crippen LogP contribution is 2.26. The number of thiazole rings is 1. The molecule has 0 fully saturated rings. The second kappa shape index (κ2) is 6.72. The average Bonchev–Trinajstić information content (AvgIpc) is 2.90. The number of aromatic nitrogens is 1. The summed E-state index contributed by atoms with van der Waals surface area (Å²) in [7, 11) is 0. The molecule has 3 N–H and O–H groups in total. The van der Waals surface area contributed by atoms with Gasteiger partial charge in [0.1, 0.15) is 23.2 Å². The summed E-state index contributed by atoms with van der Waals surface area (Å²) in [4.78, 5) is 5.32. The van der Waals surface area contributed by atoms with Gasteiger partial charge in [-0.15, -0.1) is 11.3 Å². The zero-order chi connectivity index (χ0) is 15.4. The van der Waals surface area contributed by atoms with Crippen LogP contribution in [0, 0.1) is 5.41 Å². The lowest BCUT2D eigenvalue weighted by Crippen LogP contribution is -2.12. The van der Waals surface area contributed by atoms with Crippen molar-refractivity contribution >= 4 is 17.2 Å². The average molecular weight is 303 g/mol. The molecule has 21 heavy (non-hydrogen) atoms. The largest absolute Gasteiger partial charge is 0.486 e. The zero-order valence-corrected chi connectivity index (χ0v) is 13.5. The summed E-state index contributed by atoms with van der Waals surface area (Å²) >= 11 is 1.44. The standard InChI is InChI=1S/C16H21N3OS/c1-4-11-6-5-7-12(8-11)20-9-13-19-14(10(2)3)15(21-13)16(17)18/h5-8,10H,4,9H2,1-3H3,(H3,17,18). The van der Waals surface area contributed by atoms with Crippen LogP contribution in [-0.4, -0.2) is 10.8 Å². The minimum absolute atomic E-state index is 0.0791. The monoisotopic (exact) mass is 303 g/mol. The Morgan fingerprint density at radius 2 is 2.19 bits per heavy atom. The van der Waals surface area contributed by atoms with E-state index >= 15 is 0 Å². The third-order valence-corrected chi connectivity index (χ3v) is 4.24. The smallest absolute Gasteiger partial charge is 0.140 e. The third-order valence-electron chi connectivity index (χ3n) is 3.16. The lowest BCUT2D eigenvalue weighted by molar-refractivity contribution is 0.305. The van der Waals surface area contributed by atoms with Crippen molar-refractivity contribution in [2.75, 3.05) is 0 Å². The molecule has 2 aromatic rings. The fourth-order valence-electron chi connectivity index (χ4n) is 2.02. The Labute approximate surface area is 129 Å². The molecule has 112 valence electrons. The minimum Gasteiger partial charge on any atom is -0.486 e. The number of nitrogens with two attached hydrogens (primary N) is 1. The number of rotatable bonds is 6. The predicted octanol–water partition coefficient (Wildman–Crippen LogP) is 3.69. The SMILES string of the molecule is CCc1cccc(OCc2nc(C(C)C)c(C(=N)N)s2)c1. The number of nitrogen functional groups attached to an aromatic ring is 1. The lowest BCUT2D eigenvalue weighted by atomic mass is 10.1. The van der Waals surface area contributed by atoms with E-state index in [1.165, 1.54) is 16.9 Å². The van der Waals surface area contributed by atoms with Crippen molar-refractivity contribution in [1.82, 2.24) is 4.98 Å². The van der Waals surface area contributed by atoms with Gasteiger partial charge in [0.25, 0.3) is 0 Å². The second-order valence-electron chi connectivity index (χ2n) is 5.18. The van der Waals surface area contributed by atoms with Gasteiger partial charge in [0.15, 0.2) is 0 Å². The maximum Gasteiger partial charge on any atom is 0.140 e. The highest BCUT2D eigenvalue weighted by molar-refractivity contribution is 7.13. The zero-order valence-electron chi connectivity index (χ0n) is 12.6. The summed E-state index contributed by atoms with van der Waals surface area (Å²) in [5.41, 5.74) is 7.76. The molecule has 1 aromatic heterocycles. The number of ether oxygens (including phenoxy) is 1. The van der Waals surface area contributed by atoms with Crippen molar-refractivity contribution in [1.29, 1.82) is 5.41 Å². The molecule has 0 saturated heterocycles. The Hall–Kier alpha value is -1.88. The van der Waals surface area contributed by atoms with Crippen molar-refractivity contribution in [3.8, 4) is 5.75 Å². The molecule has 0 spiro atoms. The quantitative estimate of drug-likeness (QED) is 0.631. The van der Waals surface area contributed by atoms with Crippen molar-refractivity contribution in [2.45, 2.75) is 39.7 Å². The first-order valence-corrected chi connectivity index (χ1v) is 7.88. The van der Waals surface area contributed by atoms with Gasteiger partial charge in [-0.1, -0.05) is 32.9 Å². The van der Waals surface area contributed by atoms with Crippen LogP contribution in [0.5, 0.6) is 5.75 Å². The molecule has 5 heteroatoms. The topological polar surface area (TPSA) is 72.0 Å². The minimum atomic E-state index is 0.0791. The Morgan fingerprint density at radius 1 is 1.43 bits per heavy atom. The van der Waals surface area contributed by atoms with E-state index in [0.717, 1.165) is 27.7 Å². The second-order valence-corrected chi connectivity index (χ2v) is 6.26. The van der Waals surface area contributed by atoms with Crippen LogP contribution in [0.1, 0.15) is 47.8 Å². The van der Waals surface area contributed by atoms with Gasteiger partial charge in [-0.25, -0.2) is 4.98 Å². The molecule has 1 aromatic carbocycles. The van der Waals surface area contributed by atoms with Crippen molar-refractivity contribution in [3.05, 3.63) is 45.4 Å². The molecule has 0 amide bonds. The molecular formula is C16H21N3OS. The number of nitrogens with zero attached hydrogens (tertiary/aromatic N) is 1. The molecule has 0 aliphatic carbocycles. The number of nitrogens with one attached hydrogen (secondary N) is 1. The van der Waals surface area contributed by atoms with E-state index in [0.29, 0.717) is 6.61 Å². The first-order chi connectivity index (χ1) is 10.0. The maximum absolute atomic E-state index is 7.64. The molecule has 0 radical (unpaired) electrons. The van der Waals surface area contributed by atoms with E-state index in [1.807, 2.05) is 18.2 Å². The number of amidine groups is 1. The summed E-state index contributed by atoms with van der Waals surface area (Å²) < 4.78 is 5.80. The maximum atomic E-state index is 7.64. The number of hydrogen-bond donors (Lipinski definition) is 2. The van der Waals surface area contributed by atoms with E-state index in [2.05, 4.69) is 31.8 Å². The van der Waals surface area contributed by atoms with Gasteiger partial charge in [0.05, 0.1) is 10.6 Å². The first kappa shape index (κ1) is 15.5. The number of hydrogen-bond acceptors (Lipinski definition) is 4. The fraction of sp³-hybridized carbons (Fsp3) is 0.375. The van der Waals surface area contributed by atoms with Gasteiger partial charge < -0.3 is 10.5 Å². The van der Waals surface area contributed by atoms with E-state index < -0.39 is 0 Å². The van der Waals surface area contributed by atoms with Crippen LogP contribution in [-0.2, 0) is 13.0 Å². The fourth-order valence-corrected chi connectivity index (χ4v) is 3.02. The summed E-state index contributed by atoms with van der Waals surface area (Å²) in [6, 6.07) is 8.07. The Kier molecular flexibility index (Phi) is 4.96. The van der Waals surface area contributed by atoms with Gasteiger partial charge in [-0.3, -0.25) is 5.41 Å². The molecule has 0 aliphatic heterocycles. The highest BCUT2D eigenvalue weighted by Gasteiger charge is 2.16. The highest BCUT2D eigenvalue weighted by atomic mass is 32.1. The summed E-state index contributed by atoms with van der Waals surface area (Å²) in [5, 5.41) is 8.49. The molecule has 0 atom stereocenters. The number of benzene rings is 1. The number of aryl methyl sites for hydroxylation is 1. The molecule has 0 unspecified atom stereocenters. The predicted molar refractivity (Wildman–Crippen MR) is 87.4 cm³/mol. The molecule has 0 saturated carbocycles. The van der Waals surface area contributed by atoms with E-state index in [1.54, 1.807) is 0 Å².